The summed E-state index contributed by atoms with van der Waals surface area (Å²) in [5.41, 5.74) is 0.567. The van der Waals surface area contributed by atoms with E-state index in [0.29, 0.717) is 5.56 Å². The van der Waals surface area contributed by atoms with Gasteiger partial charge in [0, 0.05) is 6.54 Å². The molecule has 4 nitrogen and oxygen atoms in total. The van der Waals surface area contributed by atoms with Gasteiger partial charge in [-0.1, -0.05) is 12.1 Å². The molecule has 0 fully saturated rings. The zero-order chi connectivity index (χ0) is 14.5. The lowest BCUT2D eigenvalue weighted by molar-refractivity contribution is -0.274. The molecule has 0 aromatic heterocycles. The van der Waals surface area contributed by atoms with E-state index in [1.807, 2.05) is 0 Å². The minimum atomic E-state index is -4.72. The SMILES string of the molecule is COC(=O)[C@H](C)NCc1cccc(OC(F)(F)F)c1. The van der Waals surface area contributed by atoms with Crippen molar-refractivity contribution in [2.75, 3.05) is 7.11 Å². The van der Waals surface area contributed by atoms with Gasteiger partial charge in [0.15, 0.2) is 0 Å². The predicted molar refractivity (Wildman–Crippen MR) is 61.4 cm³/mol. The van der Waals surface area contributed by atoms with E-state index >= 15 is 0 Å². The van der Waals surface area contributed by atoms with E-state index < -0.39 is 18.4 Å². The number of rotatable bonds is 5. The highest BCUT2D eigenvalue weighted by Crippen LogP contribution is 2.23. The Kier molecular flexibility index (Phi) is 5.17. The van der Waals surface area contributed by atoms with Crippen LogP contribution in [0.3, 0.4) is 0 Å². The Morgan fingerprint density at radius 3 is 2.68 bits per heavy atom. The van der Waals surface area contributed by atoms with Crippen molar-refractivity contribution in [1.82, 2.24) is 5.32 Å². The van der Waals surface area contributed by atoms with Crippen LogP contribution in [0.4, 0.5) is 13.2 Å². The van der Waals surface area contributed by atoms with Gasteiger partial charge in [-0.25, -0.2) is 0 Å². The second kappa shape index (κ2) is 6.42. The van der Waals surface area contributed by atoms with E-state index in [1.54, 1.807) is 13.0 Å². The van der Waals surface area contributed by atoms with Crippen molar-refractivity contribution >= 4 is 5.97 Å². The lowest BCUT2D eigenvalue weighted by Crippen LogP contribution is -2.34. The maximum atomic E-state index is 12.0. The van der Waals surface area contributed by atoms with Gasteiger partial charge in [-0.05, 0) is 24.6 Å². The molecule has 0 aliphatic heterocycles. The molecular formula is C12H14F3NO3. The quantitative estimate of drug-likeness (QED) is 0.838. The number of alkyl halides is 3. The van der Waals surface area contributed by atoms with Crippen molar-refractivity contribution in [3.63, 3.8) is 0 Å². The number of benzene rings is 1. The first-order valence-electron chi connectivity index (χ1n) is 5.47. The largest absolute Gasteiger partial charge is 0.573 e. The summed E-state index contributed by atoms with van der Waals surface area (Å²) in [6, 6.07) is 4.99. The Morgan fingerprint density at radius 1 is 1.42 bits per heavy atom. The Bertz CT molecular complexity index is 434. The van der Waals surface area contributed by atoms with Crippen molar-refractivity contribution in [2.45, 2.75) is 25.9 Å². The van der Waals surface area contributed by atoms with E-state index in [4.69, 9.17) is 0 Å². The molecule has 0 aliphatic carbocycles. The predicted octanol–water partition coefficient (Wildman–Crippen LogP) is 2.24. The molecule has 1 atom stereocenters. The number of hydrogen-bond donors (Lipinski definition) is 1. The van der Waals surface area contributed by atoms with Crippen LogP contribution >= 0.6 is 0 Å². The van der Waals surface area contributed by atoms with Gasteiger partial charge in [0.05, 0.1) is 7.11 Å². The third-order valence-electron chi connectivity index (χ3n) is 2.30. The average molecular weight is 277 g/mol. The zero-order valence-electron chi connectivity index (χ0n) is 10.5. The van der Waals surface area contributed by atoms with Crippen LogP contribution in [0.25, 0.3) is 0 Å². The molecule has 106 valence electrons. The van der Waals surface area contributed by atoms with Crippen LogP contribution in [0.15, 0.2) is 24.3 Å². The smallest absolute Gasteiger partial charge is 0.468 e. The van der Waals surface area contributed by atoms with Gasteiger partial charge < -0.3 is 14.8 Å². The molecule has 0 radical (unpaired) electrons. The topological polar surface area (TPSA) is 47.6 Å². The van der Waals surface area contributed by atoms with E-state index in [9.17, 15) is 18.0 Å². The summed E-state index contributed by atoms with van der Waals surface area (Å²) in [6.07, 6.45) is -4.72. The van der Waals surface area contributed by atoms with Gasteiger partial charge in [0.1, 0.15) is 11.8 Å². The fraction of sp³-hybridized carbons (Fsp3) is 0.417. The molecule has 0 aliphatic rings. The molecule has 0 spiro atoms. The number of nitrogens with one attached hydrogen (secondary N) is 1. The molecule has 1 rings (SSSR count). The minimum absolute atomic E-state index is 0.228. The highest BCUT2D eigenvalue weighted by atomic mass is 19.4. The van der Waals surface area contributed by atoms with Crippen LogP contribution in [-0.2, 0) is 16.1 Å². The first-order chi connectivity index (χ1) is 8.81. The normalized spacial score (nSPS) is 12.9. The van der Waals surface area contributed by atoms with E-state index in [1.165, 1.54) is 25.3 Å². The van der Waals surface area contributed by atoms with Crippen LogP contribution in [0.5, 0.6) is 5.75 Å². The lowest BCUT2D eigenvalue weighted by atomic mass is 10.2. The zero-order valence-corrected chi connectivity index (χ0v) is 10.5. The summed E-state index contributed by atoms with van der Waals surface area (Å²) in [7, 11) is 1.26. The number of carbonyl (C=O) groups is 1. The number of ether oxygens (including phenoxy) is 2. The molecule has 0 saturated carbocycles. The third kappa shape index (κ3) is 5.60. The van der Waals surface area contributed by atoms with Crippen molar-refractivity contribution in [1.29, 1.82) is 0 Å². The molecule has 0 saturated heterocycles. The van der Waals surface area contributed by atoms with Crippen LogP contribution in [0.1, 0.15) is 12.5 Å². The number of hydrogen-bond acceptors (Lipinski definition) is 4. The van der Waals surface area contributed by atoms with Crippen molar-refractivity contribution in [3.8, 4) is 5.75 Å². The Hall–Kier alpha value is -1.76. The molecule has 0 heterocycles. The summed E-state index contributed by atoms with van der Waals surface area (Å²) in [4.78, 5) is 11.1. The summed E-state index contributed by atoms with van der Waals surface area (Å²) < 4.78 is 44.4. The monoisotopic (exact) mass is 277 g/mol. The summed E-state index contributed by atoms with van der Waals surface area (Å²) in [5.74, 6) is -0.736. The fourth-order valence-electron chi connectivity index (χ4n) is 1.38. The Labute approximate surface area is 108 Å². The summed E-state index contributed by atoms with van der Waals surface area (Å²) in [6.45, 7) is 1.83. The highest BCUT2D eigenvalue weighted by molar-refractivity contribution is 5.75. The summed E-state index contributed by atoms with van der Waals surface area (Å²) in [5, 5.41) is 2.83. The first kappa shape index (κ1) is 15.3. The second-order valence-electron chi connectivity index (χ2n) is 3.82. The van der Waals surface area contributed by atoms with Crippen LogP contribution in [0.2, 0.25) is 0 Å². The lowest BCUT2D eigenvalue weighted by Gasteiger charge is -2.13. The van der Waals surface area contributed by atoms with Crippen LogP contribution in [-0.4, -0.2) is 25.5 Å². The van der Waals surface area contributed by atoms with Gasteiger partial charge in [0.25, 0.3) is 0 Å². The van der Waals surface area contributed by atoms with E-state index in [2.05, 4.69) is 14.8 Å². The molecule has 0 amide bonds. The maximum Gasteiger partial charge on any atom is 0.573 e. The average Bonchev–Trinajstić information content (AvgIpc) is 2.33. The third-order valence-corrected chi connectivity index (χ3v) is 2.30. The Morgan fingerprint density at radius 2 is 2.11 bits per heavy atom. The van der Waals surface area contributed by atoms with Crippen LogP contribution in [0, 0.1) is 0 Å². The van der Waals surface area contributed by atoms with Crippen LogP contribution < -0.4 is 10.1 Å². The van der Waals surface area contributed by atoms with E-state index in [0.717, 1.165) is 0 Å². The van der Waals surface area contributed by atoms with Gasteiger partial charge in [-0.3, -0.25) is 4.79 Å². The fourth-order valence-corrected chi connectivity index (χ4v) is 1.38. The second-order valence-corrected chi connectivity index (χ2v) is 3.82. The minimum Gasteiger partial charge on any atom is -0.468 e. The van der Waals surface area contributed by atoms with Crippen molar-refractivity contribution in [2.24, 2.45) is 0 Å². The molecule has 0 bridgehead atoms. The molecule has 7 heteroatoms. The van der Waals surface area contributed by atoms with Gasteiger partial charge >= 0.3 is 12.3 Å². The molecule has 1 aromatic carbocycles. The number of esters is 1. The summed E-state index contributed by atoms with van der Waals surface area (Å²) >= 11 is 0. The standard InChI is InChI=1S/C12H14F3NO3/c1-8(11(17)18-2)16-7-9-4-3-5-10(6-9)19-12(13,14)15/h3-6,8,16H,7H2,1-2H3/t8-/m0/s1. The number of halogens is 3. The van der Waals surface area contributed by atoms with Gasteiger partial charge in [-0.15, -0.1) is 13.2 Å². The molecular weight excluding hydrogens is 263 g/mol. The number of carbonyl (C=O) groups excluding carboxylic acids is 1. The number of methoxy groups -OCH3 is 1. The molecule has 1 N–H and O–H groups in total. The molecule has 19 heavy (non-hydrogen) atoms. The molecule has 1 aromatic rings. The highest BCUT2D eigenvalue weighted by Gasteiger charge is 2.31. The Balaban J connectivity index is 2.60. The van der Waals surface area contributed by atoms with Gasteiger partial charge in [0.2, 0.25) is 0 Å². The molecule has 0 unspecified atom stereocenters. The first-order valence-corrected chi connectivity index (χ1v) is 5.47. The van der Waals surface area contributed by atoms with Gasteiger partial charge in [-0.2, -0.15) is 0 Å². The van der Waals surface area contributed by atoms with E-state index in [-0.39, 0.29) is 12.3 Å². The maximum absolute atomic E-state index is 12.0. The van der Waals surface area contributed by atoms with Crippen molar-refractivity contribution in [3.05, 3.63) is 29.8 Å². The van der Waals surface area contributed by atoms with Crippen molar-refractivity contribution < 1.29 is 27.4 Å².